The lowest BCUT2D eigenvalue weighted by molar-refractivity contribution is -0.123. The van der Waals surface area contributed by atoms with Gasteiger partial charge >= 0.3 is 0 Å². The zero-order chi connectivity index (χ0) is 26.5. The van der Waals surface area contributed by atoms with Crippen molar-refractivity contribution in [3.05, 3.63) is 92.8 Å². The summed E-state index contributed by atoms with van der Waals surface area (Å²) in [5.74, 6) is 0.223. The molecule has 1 aliphatic heterocycles. The number of thiocarbonyl (C=S) groups is 1. The van der Waals surface area contributed by atoms with Crippen LogP contribution in [0.3, 0.4) is 0 Å². The number of hydrogen-bond acceptors (Lipinski definition) is 6. The monoisotopic (exact) mass is 572 g/mol. The number of anilines is 1. The number of nitrogens with one attached hydrogen (secondary N) is 1. The van der Waals surface area contributed by atoms with E-state index in [-0.39, 0.29) is 23.6 Å². The van der Waals surface area contributed by atoms with Gasteiger partial charge in [-0.25, -0.2) is 0 Å². The summed E-state index contributed by atoms with van der Waals surface area (Å²) < 4.78 is 11.6. The Hall–Kier alpha value is -3.04. The van der Waals surface area contributed by atoms with Crippen LogP contribution in [-0.4, -0.2) is 34.8 Å². The first kappa shape index (κ1) is 27.0. The molecule has 1 saturated heterocycles. The van der Waals surface area contributed by atoms with E-state index in [1.165, 1.54) is 18.9 Å². The fourth-order valence-corrected chi connectivity index (χ4v) is 5.44. The molecule has 2 amide bonds. The van der Waals surface area contributed by atoms with E-state index in [1.807, 2.05) is 37.3 Å². The molecule has 190 valence electrons. The van der Waals surface area contributed by atoms with Crippen LogP contribution in [0.2, 0.25) is 10.0 Å². The first-order chi connectivity index (χ1) is 17.8. The minimum atomic E-state index is -0.411. The van der Waals surface area contributed by atoms with Gasteiger partial charge in [0.25, 0.3) is 11.8 Å². The van der Waals surface area contributed by atoms with Gasteiger partial charge in [-0.2, -0.15) is 0 Å². The molecule has 0 saturated carbocycles. The standard InChI is InChI=1S/C27H22Cl2N2O4S2/c1-16(18-7-4-3-5-8-18)31-26(33)23(37-27(31)36)14-17-11-12-21(22(13-17)34-2)35-15-24(32)30-20-10-6-9-19(28)25(20)29/h3-14,16H,15H2,1-2H3,(H,30,32)/b23-14-/t16-/m0/s1. The number of ether oxygens (including phenoxy) is 2. The van der Waals surface area contributed by atoms with Crippen LogP contribution in [0.25, 0.3) is 6.08 Å². The smallest absolute Gasteiger partial charge is 0.266 e. The molecule has 0 aliphatic carbocycles. The number of amides is 2. The Morgan fingerprint density at radius 1 is 1.11 bits per heavy atom. The van der Waals surface area contributed by atoms with Crippen LogP contribution < -0.4 is 14.8 Å². The Balaban J connectivity index is 1.44. The number of carbonyl (C=O) groups is 2. The van der Waals surface area contributed by atoms with E-state index in [4.69, 9.17) is 44.9 Å². The molecule has 1 N–H and O–H groups in total. The van der Waals surface area contributed by atoms with Gasteiger partial charge in [-0.3, -0.25) is 14.5 Å². The van der Waals surface area contributed by atoms with Crippen molar-refractivity contribution in [2.45, 2.75) is 13.0 Å². The third-order valence-electron chi connectivity index (χ3n) is 5.56. The predicted octanol–water partition coefficient (Wildman–Crippen LogP) is 6.98. The molecule has 6 nitrogen and oxygen atoms in total. The Bertz CT molecular complexity index is 1380. The molecule has 1 fully saturated rings. The molecule has 0 aromatic heterocycles. The minimum Gasteiger partial charge on any atom is -0.493 e. The third-order valence-corrected chi connectivity index (χ3v) is 7.71. The van der Waals surface area contributed by atoms with Crippen LogP contribution >= 0.6 is 47.2 Å². The molecule has 1 heterocycles. The van der Waals surface area contributed by atoms with Gasteiger partial charge in [0.1, 0.15) is 4.32 Å². The van der Waals surface area contributed by atoms with E-state index >= 15 is 0 Å². The van der Waals surface area contributed by atoms with Gasteiger partial charge in [-0.1, -0.05) is 89.6 Å². The number of rotatable bonds is 8. The van der Waals surface area contributed by atoms with Gasteiger partial charge in [-0.15, -0.1) is 0 Å². The number of methoxy groups -OCH3 is 1. The summed E-state index contributed by atoms with van der Waals surface area (Å²) in [6.07, 6.45) is 1.76. The molecule has 1 atom stereocenters. The highest BCUT2D eigenvalue weighted by Gasteiger charge is 2.35. The quantitative estimate of drug-likeness (QED) is 0.232. The number of hydrogen-bond donors (Lipinski definition) is 1. The summed E-state index contributed by atoms with van der Waals surface area (Å²) in [5, 5.41) is 3.25. The van der Waals surface area contributed by atoms with E-state index in [2.05, 4.69) is 5.32 Å². The first-order valence-corrected chi connectivity index (χ1v) is 13.1. The molecule has 4 rings (SSSR count). The Morgan fingerprint density at radius 3 is 2.59 bits per heavy atom. The summed E-state index contributed by atoms with van der Waals surface area (Å²) in [6.45, 7) is 1.68. The lowest BCUT2D eigenvalue weighted by atomic mass is 10.1. The average molecular weight is 574 g/mol. The second-order valence-corrected chi connectivity index (χ2v) is 10.4. The van der Waals surface area contributed by atoms with Gasteiger partial charge < -0.3 is 14.8 Å². The zero-order valence-corrected chi connectivity index (χ0v) is 23.0. The maximum atomic E-state index is 13.2. The van der Waals surface area contributed by atoms with E-state index in [0.717, 1.165) is 11.1 Å². The summed E-state index contributed by atoms with van der Waals surface area (Å²) in [4.78, 5) is 27.7. The highest BCUT2D eigenvalue weighted by molar-refractivity contribution is 8.26. The second kappa shape index (κ2) is 12.0. The number of thioether (sulfide) groups is 1. The summed E-state index contributed by atoms with van der Waals surface area (Å²) >= 11 is 18.9. The summed E-state index contributed by atoms with van der Waals surface area (Å²) in [6, 6.07) is 19.7. The van der Waals surface area contributed by atoms with E-state index in [9.17, 15) is 9.59 Å². The predicted molar refractivity (Wildman–Crippen MR) is 153 cm³/mol. The van der Waals surface area contributed by atoms with Gasteiger partial charge in [-0.05, 0) is 48.4 Å². The number of nitrogens with zero attached hydrogens (tertiary/aromatic N) is 1. The van der Waals surface area contributed by atoms with Crippen LogP contribution in [0.15, 0.2) is 71.6 Å². The maximum Gasteiger partial charge on any atom is 0.266 e. The van der Waals surface area contributed by atoms with Crippen molar-refractivity contribution < 1.29 is 19.1 Å². The van der Waals surface area contributed by atoms with Crippen molar-refractivity contribution in [3.63, 3.8) is 0 Å². The van der Waals surface area contributed by atoms with Crippen molar-refractivity contribution in [2.24, 2.45) is 0 Å². The van der Waals surface area contributed by atoms with Crippen LogP contribution in [-0.2, 0) is 9.59 Å². The molecule has 3 aromatic carbocycles. The molecule has 0 spiro atoms. The summed E-state index contributed by atoms with van der Waals surface area (Å²) in [7, 11) is 1.50. The molecule has 3 aromatic rings. The SMILES string of the molecule is COc1cc(/C=C2\SC(=S)N([C@@H](C)c3ccccc3)C2=O)ccc1OCC(=O)Nc1cccc(Cl)c1Cl. The van der Waals surface area contributed by atoms with Crippen molar-refractivity contribution in [1.29, 1.82) is 0 Å². The topological polar surface area (TPSA) is 67.9 Å². The Kier molecular flexibility index (Phi) is 8.76. The first-order valence-electron chi connectivity index (χ1n) is 11.1. The van der Waals surface area contributed by atoms with Crippen molar-refractivity contribution in [2.75, 3.05) is 19.0 Å². The molecule has 1 aliphatic rings. The Morgan fingerprint density at radius 2 is 1.86 bits per heavy atom. The molecule has 0 unspecified atom stereocenters. The van der Waals surface area contributed by atoms with Crippen molar-refractivity contribution >= 4 is 75.1 Å². The summed E-state index contributed by atoms with van der Waals surface area (Å²) in [5.41, 5.74) is 2.13. The highest BCUT2D eigenvalue weighted by Crippen LogP contribution is 2.39. The largest absolute Gasteiger partial charge is 0.493 e. The number of halogens is 2. The van der Waals surface area contributed by atoms with E-state index in [1.54, 1.807) is 47.4 Å². The molecular formula is C27H22Cl2N2O4S2. The van der Waals surface area contributed by atoms with E-state index < -0.39 is 5.91 Å². The fourth-order valence-electron chi connectivity index (χ4n) is 3.67. The molecule has 37 heavy (non-hydrogen) atoms. The lowest BCUT2D eigenvalue weighted by Gasteiger charge is -2.23. The molecule has 0 radical (unpaired) electrons. The zero-order valence-electron chi connectivity index (χ0n) is 19.9. The molecule has 0 bridgehead atoms. The van der Waals surface area contributed by atoms with E-state index in [0.29, 0.717) is 31.4 Å². The number of carbonyl (C=O) groups excluding carboxylic acids is 2. The van der Waals surface area contributed by atoms with Gasteiger partial charge in [0.05, 0.1) is 33.8 Å². The number of benzene rings is 3. The normalized spacial score (nSPS) is 15.1. The molecular weight excluding hydrogens is 551 g/mol. The average Bonchev–Trinajstić information content (AvgIpc) is 3.18. The Labute approximate surface area is 234 Å². The van der Waals surface area contributed by atoms with Crippen LogP contribution in [0.1, 0.15) is 24.1 Å². The van der Waals surface area contributed by atoms with Crippen molar-refractivity contribution in [3.8, 4) is 11.5 Å². The minimum absolute atomic E-state index is 0.151. The van der Waals surface area contributed by atoms with Gasteiger partial charge in [0.15, 0.2) is 18.1 Å². The van der Waals surface area contributed by atoms with Gasteiger partial charge in [0.2, 0.25) is 0 Å². The van der Waals surface area contributed by atoms with Crippen LogP contribution in [0.5, 0.6) is 11.5 Å². The van der Waals surface area contributed by atoms with Gasteiger partial charge in [0, 0.05) is 0 Å². The second-order valence-electron chi connectivity index (χ2n) is 7.99. The van der Waals surface area contributed by atoms with Crippen LogP contribution in [0, 0.1) is 0 Å². The maximum absolute atomic E-state index is 13.2. The van der Waals surface area contributed by atoms with Crippen molar-refractivity contribution in [1.82, 2.24) is 4.90 Å². The lowest BCUT2D eigenvalue weighted by Crippen LogP contribution is -2.30. The molecule has 10 heteroatoms. The fraction of sp³-hybridized carbons (Fsp3) is 0.148. The highest BCUT2D eigenvalue weighted by atomic mass is 35.5. The van der Waals surface area contributed by atoms with Crippen LogP contribution in [0.4, 0.5) is 5.69 Å². The third kappa shape index (κ3) is 6.27.